The molecule has 5 heteroatoms. The van der Waals surface area contributed by atoms with Gasteiger partial charge in [0, 0.05) is 32.4 Å². The molecule has 2 aliphatic heterocycles. The smallest absolute Gasteiger partial charge is 0.228 e. The number of piperidine rings is 1. The topological polar surface area (TPSA) is 53.6 Å². The molecule has 1 unspecified atom stereocenters. The lowest BCUT2D eigenvalue weighted by Crippen LogP contribution is -2.51. The lowest BCUT2D eigenvalue weighted by Gasteiger charge is -2.35. The van der Waals surface area contributed by atoms with Crippen LogP contribution < -0.4 is 15.5 Å². The molecule has 0 spiro atoms. The molecule has 0 aromatic heterocycles. The molecule has 0 bridgehead atoms. The van der Waals surface area contributed by atoms with E-state index in [2.05, 4.69) is 39.8 Å². The third-order valence-electron chi connectivity index (χ3n) is 5.42. The predicted octanol–water partition coefficient (Wildman–Crippen LogP) is 1.65. The minimum atomic E-state index is -0.349. The van der Waals surface area contributed by atoms with E-state index in [-0.39, 0.29) is 11.3 Å². The summed E-state index contributed by atoms with van der Waals surface area (Å²) < 4.78 is 5.36. The summed E-state index contributed by atoms with van der Waals surface area (Å²) in [5, 5.41) is 6.55. The second kappa shape index (κ2) is 7.99. The molecule has 2 aliphatic rings. The average molecular weight is 331 g/mol. The Kier molecular flexibility index (Phi) is 5.74. The monoisotopic (exact) mass is 331 g/mol. The van der Waals surface area contributed by atoms with Crippen LogP contribution in [0.2, 0.25) is 0 Å². The van der Waals surface area contributed by atoms with Crippen LogP contribution in [0.15, 0.2) is 30.3 Å². The quantitative estimate of drug-likeness (QED) is 0.832. The Hall–Kier alpha value is -1.59. The number of hydrogen-bond donors (Lipinski definition) is 2. The highest BCUT2D eigenvalue weighted by Gasteiger charge is 2.39. The maximum Gasteiger partial charge on any atom is 0.228 e. The minimum Gasteiger partial charge on any atom is -0.384 e. The van der Waals surface area contributed by atoms with Crippen molar-refractivity contribution in [2.24, 2.45) is 11.3 Å². The molecule has 2 fully saturated rings. The van der Waals surface area contributed by atoms with Crippen molar-refractivity contribution >= 4 is 11.6 Å². The van der Waals surface area contributed by atoms with E-state index in [1.807, 2.05) is 6.07 Å². The fraction of sp³-hybridized carbons (Fsp3) is 0.632. The van der Waals surface area contributed by atoms with Gasteiger partial charge in [0.05, 0.1) is 12.0 Å². The van der Waals surface area contributed by atoms with Crippen LogP contribution in [0, 0.1) is 11.3 Å². The van der Waals surface area contributed by atoms with Gasteiger partial charge in [-0.05, 0) is 50.4 Å². The average Bonchev–Trinajstić information content (AvgIpc) is 3.10. The van der Waals surface area contributed by atoms with Gasteiger partial charge in [-0.25, -0.2) is 0 Å². The molecule has 1 amide bonds. The molecule has 24 heavy (non-hydrogen) atoms. The van der Waals surface area contributed by atoms with E-state index in [1.165, 1.54) is 5.69 Å². The summed E-state index contributed by atoms with van der Waals surface area (Å²) in [5.74, 6) is 0.694. The highest BCUT2D eigenvalue weighted by molar-refractivity contribution is 5.83. The summed E-state index contributed by atoms with van der Waals surface area (Å²) in [4.78, 5) is 15.2. The molecular formula is C19H29N3O2. The van der Waals surface area contributed by atoms with Gasteiger partial charge in [0.2, 0.25) is 5.91 Å². The molecule has 2 saturated heterocycles. The molecule has 0 radical (unpaired) electrons. The van der Waals surface area contributed by atoms with Crippen LogP contribution in [0.4, 0.5) is 5.69 Å². The van der Waals surface area contributed by atoms with Crippen LogP contribution in [-0.2, 0) is 9.53 Å². The van der Waals surface area contributed by atoms with Gasteiger partial charge >= 0.3 is 0 Å². The Morgan fingerprint density at radius 3 is 2.79 bits per heavy atom. The number of ether oxygens (including phenoxy) is 1. The number of methoxy groups -OCH3 is 1. The molecule has 0 saturated carbocycles. The van der Waals surface area contributed by atoms with Gasteiger partial charge in [-0.2, -0.15) is 0 Å². The molecule has 1 aromatic rings. The number of para-hydroxylation sites is 1. The molecule has 1 atom stereocenters. The van der Waals surface area contributed by atoms with E-state index in [4.69, 9.17) is 4.74 Å². The van der Waals surface area contributed by atoms with Crippen molar-refractivity contribution < 1.29 is 9.53 Å². The molecule has 1 aromatic carbocycles. The zero-order valence-corrected chi connectivity index (χ0v) is 14.6. The summed E-state index contributed by atoms with van der Waals surface area (Å²) in [7, 11) is 1.69. The first-order valence-corrected chi connectivity index (χ1v) is 9.01. The molecule has 3 rings (SSSR count). The van der Waals surface area contributed by atoms with E-state index in [0.29, 0.717) is 12.5 Å². The normalized spacial score (nSPS) is 23.2. The van der Waals surface area contributed by atoms with Crippen molar-refractivity contribution in [2.75, 3.05) is 51.3 Å². The number of rotatable bonds is 6. The third-order valence-corrected chi connectivity index (χ3v) is 5.42. The lowest BCUT2D eigenvalue weighted by atomic mass is 9.78. The van der Waals surface area contributed by atoms with E-state index in [1.54, 1.807) is 7.11 Å². The number of hydrogen-bond acceptors (Lipinski definition) is 4. The van der Waals surface area contributed by atoms with Gasteiger partial charge in [-0.1, -0.05) is 18.2 Å². The molecular weight excluding hydrogens is 302 g/mol. The van der Waals surface area contributed by atoms with E-state index >= 15 is 0 Å². The number of benzene rings is 1. The van der Waals surface area contributed by atoms with Crippen LogP contribution in [0.5, 0.6) is 0 Å². The standard InChI is InChI=1S/C19H29N3O2/c1-24-15-19(8-10-20-11-9-19)18(23)21-13-16-7-12-22(14-16)17-5-3-2-4-6-17/h2-6,16,20H,7-15H2,1H3,(H,21,23). The fourth-order valence-electron chi connectivity index (χ4n) is 3.92. The van der Waals surface area contributed by atoms with Crippen molar-refractivity contribution in [1.82, 2.24) is 10.6 Å². The SMILES string of the molecule is COCC1(C(=O)NCC2CCN(c3ccccc3)C2)CCNCC1. The second-order valence-electron chi connectivity index (χ2n) is 7.11. The summed E-state index contributed by atoms with van der Waals surface area (Å²) in [6.45, 7) is 5.15. The number of carbonyl (C=O) groups excluding carboxylic acids is 1. The molecule has 5 nitrogen and oxygen atoms in total. The number of anilines is 1. The highest BCUT2D eigenvalue weighted by Crippen LogP contribution is 2.30. The molecule has 132 valence electrons. The molecule has 2 heterocycles. The summed E-state index contributed by atoms with van der Waals surface area (Å²) >= 11 is 0. The lowest BCUT2D eigenvalue weighted by molar-refractivity contribution is -0.136. The Morgan fingerprint density at radius 2 is 2.08 bits per heavy atom. The second-order valence-corrected chi connectivity index (χ2v) is 7.11. The first kappa shape index (κ1) is 17.2. The van der Waals surface area contributed by atoms with Crippen LogP contribution in [0.3, 0.4) is 0 Å². The van der Waals surface area contributed by atoms with Gasteiger partial charge in [0.25, 0.3) is 0 Å². The predicted molar refractivity (Wildman–Crippen MR) is 96.2 cm³/mol. The van der Waals surface area contributed by atoms with Gasteiger partial charge in [-0.3, -0.25) is 4.79 Å². The highest BCUT2D eigenvalue weighted by atomic mass is 16.5. The first-order valence-electron chi connectivity index (χ1n) is 9.01. The van der Waals surface area contributed by atoms with Crippen molar-refractivity contribution in [2.45, 2.75) is 19.3 Å². The van der Waals surface area contributed by atoms with Gasteiger partial charge in [-0.15, -0.1) is 0 Å². The van der Waals surface area contributed by atoms with Gasteiger partial charge in [0.15, 0.2) is 0 Å². The van der Waals surface area contributed by atoms with Crippen molar-refractivity contribution in [3.05, 3.63) is 30.3 Å². The Morgan fingerprint density at radius 1 is 1.33 bits per heavy atom. The van der Waals surface area contributed by atoms with Crippen LogP contribution in [-0.4, -0.2) is 52.3 Å². The van der Waals surface area contributed by atoms with Crippen LogP contribution in [0.25, 0.3) is 0 Å². The minimum absolute atomic E-state index is 0.170. The summed E-state index contributed by atoms with van der Waals surface area (Å²) in [5.41, 5.74) is 0.929. The van der Waals surface area contributed by atoms with Crippen LogP contribution >= 0.6 is 0 Å². The maximum absolute atomic E-state index is 12.8. The zero-order chi connectivity index (χ0) is 16.8. The van der Waals surface area contributed by atoms with E-state index in [0.717, 1.165) is 52.0 Å². The molecule has 2 N–H and O–H groups in total. The van der Waals surface area contributed by atoms with Gasteiger partial charge in [0.1, 0.15) is 0 Å². The zero-order valence-electron chi connectivity index (χ0n) is 14.6. The third kappa shape index (κ3) is 3.90. The Bertz CT molecular complexity index is 523. The number of carbonyl (C=O) groups is 1. The van der Waals surface area contributed by atoms with Crippen molar-refractivity contribution in [1.29, 1.82) is 0 Å². The van der Waals surface area contributed by atoms with Crippen molar-refractivity contribution in [3.63, 3.8) is 0 Å². The summed E-state index contributed by atoms with van der Waals surface area (Å²) in [6, 6.07) is 10.5. The van der Waals surface area contributed by atoms with Crippen molar-refractivity contribution in [3.8, 4) is 0 Å². The first-order chi connectivity index (χ1) is 11.7. The largest absolute Gasteiger partial charge is 0.384 e. The number of nitrogens with one attached hydrogen (secondary N) is 2. The Balaban J connectivity index is 1.51. The van der Waals surface area contributed by atoms with Crippen LogP contribution in [0.1, 0.15) is 19.3 Å². The maximum atomic E-state index is 12.8. The number of nitrogens with zero attached hydrogens (tertiary/aromatic N) is 1. The van der Waals surface area contributed by atoms with Gasteiger partial charge < -0.3 is 20.3 Å². The summed E-state index contributed by atoms with van der Waals surface area (Å²) in [6.07, 6.45) is 2.84. The molecule has 0 aliphatic carbocycles. The number of amides is 1. The van der Waals surface area contributed by atoms with E-state index < -0.39 is 0 Å². The van der Waals surface area contributed by atoms with E-state index in [9.17, 15) is 4.79 Å². The Labute approximate surface area is 144 Å². The fourth-order valence-corrected chi connectivity index (χ4v) is 3.92.